The summed E-state index contributed by atoms with van der Waals surface area (Å²) in [4.78, 5) is 58.3. The largest absolute Gasteiger partial charge is 0.494 e. The summed E-state index contributed by atoms with van der Waals surface area (Å²) in [6.07, 6.45) is 6.06. The number of carbonyl (C=O) groups excluding carboxylic acids is 3. The van der Waals surface area contributed by atoms with Gasteiger partial charge in [0.15, 0.2) is 17.3 Å². The van der Waals surface area contributed by atoms with Crippen LogP contribution in [0.25, 0.3) is 11.3 Å². The highest BCUT2D eigenvalue weighted by molar-refractivity contribution is 6.00. The Morgan fingerprint density at radius 2 is 1.84 bits per heavy atom. The van der Waals surface area contributed by atoms with Gasteiger partial charge in [0.2, 0.25) is 5.91 Å². The maximum Gasteiger partial charge on any atom is 0.273 e. The highest BCUT2D eigenvalue weighted by Gasteiger charge is 2.30. The van der Waals surface area contributed by atoms with Gasteiger partial charge in [-0.3, -0.25) is 24.2 Å². The molecule has 1 aliphatic rings. The second kappa shape index (κ2) is 12.5. The lowest BCUT2D eigenvalue weighted by atomic mass is 10.1. The van der Waals surface area contributed by atoms with Crippen molar-refractivity contribution in [2.75, 3.05) is 24.8 Å². The molecule has 1 fully saturated rings. The fourth-order valence-corrected chi connectivity index (χ4v) is 4.25. The molecule has 4 aromatic rings. The predicted molar refractivity (Wildman–Crippen MR) is 157 cm³/mol. The molecule has 0 unspecified atom stereocenters. The molecule has 0 radical (unpaired) electrons. The summed E-state index contributed by atoms with van der Waals surface area (Å²) in [5, 5.41) is 19.1. The molecule has 5 rings (SSSR count). The van der Waals surface area contributed by atoms with Crippen molar-refractivity contribution < 1.29 is 19.1 Å². The first kappa shape index (κ1) is 28.9. The molecular formula is C29H29N9O5. The monoisotopic (exact) mass is 583 g/mol. The standard InChI is InChI=1S/C29H29N9O5/c1-30-28(41)24-20(12-23(36-37-24)35-26(39)16-9-10-16)34-19-8-4-7-18(25(19)43-3)21-14-32-22(15-31-21)27(40)33-13-17-6-5-11-38(2)29(17)42/h4-8,11-12,14-16H,9-10,13H2,1-3H3,(H,30,41)(H,33,40)(H2,34,35,36,39). The number of rotatable bonds is 10. The van der Waals surface area contributed by atoms with Gasteiger partial charge in [-0.2, -0.15) is 0 Å². The SMILES string of the molecule is CNC(=O)c1nnc(NC(=O)C2CC2)cc1Nc1cccc(-c2cnc(C(=O)NCc3cccn(C)c3=O)cn2)c1OC. The van der Waals surface area contributed by atoms with E-state index in [1.54, 1.807) is 43.6 Å². The number of para-hydroxylation sites is 1. The van der Waals surface area contributed by atoms with Crippen LogP contribution in [-0.4, -0.2) is 56.6 Å². The van der Waals surface area contributed by atoms with E-state index in [0.29, 0.717) is 33.9 Å². The minimum absolute atomic E-state index is 0.0166. The minimum atomic E-state index is -0.483. The molecule has 14 heteroatoms. The van der Waals surface area contributed by atoms with E-state index in [0.717, 1.165) is 12.8 Å². The van der Waals surface area contributed by atoms with Crippen LogP contribution in [0.3, 0.4) is 0 Å². The number of carbonyl (C=O) groups is 3. The molecule has 220 valence electrons. The molecule has 3 amide bonds. The fraction of sp³-hybridized carbons (Fsp3) is 0.241. The van der Waals surface area contributed by atoms with E-state index >= 15 is 0 Å². The molecule has 1 aliphatic carbocycles. The Morgan fingerprint density at radius 1 is 1.02 bits per heavy atom. The molecule has 0 aliphatic heterocycles. The number of nitrogens with one attached hydrogen (secondary N) is 4. The van der Waals surface area contributed by atoms with Gasteiger partial charge >= 0.3 is 0 Å². The van der Waals surface area contributed by atoms with Gasteiger partial charge in [0.25, 0.3) is 17.4 Å². The van der Waals surface area contributed by atoms with E-state index in [-0.39, 0.29) is 41.1 Å². The van der Waals surface area contributed by atoms with Crippen molar-refractivity contribution >= 4 is 34.9 Å². The predicted octanol–water partition coefficient (Wildman–Crippen LogP) is 2.02. The molecule has 0 bridgehead atoms. The number of hydrogen-bond acceptors (Lipinski definition) is 10. The van der Waals surface area contributed by atoms with Crippen LogP contribution in [0.5, 0.6) is 5.75 Å². The van der Waals surface area contributed by atoms with Gasteiger partial charge in [0.05, 0.1) is 36.6 Å². The second-order valence-corrected chi connectivity index (χ2v) is 9.76. The lowest BCUT2D eigenvalue weighted by molar-refractivity contribution is -0.117. The van der Waals surface area contributed by atoms with Gasteiger partial charge in [-0.15, -0.1) is 10.2 Å². The summed E-state index contributed by atoms with van der Waals surface area (Å²) in [5.74, 6) is -0.550. The molecule has 4 N–H and O–H groups in total. The quantitative estimate of drug-likeness (QED) is 0.216. The number of nitrogens with zero attached hydrogens (tertiary/aromatic N) is 5. The van der Waals surface area contributed by atoms with Crippen molar-refractivity contribution in [2.24, 2.45) is 13.0 Å². The maximum atomic E-state index is 12.7. The number of pyridine rings is 1. The number of benzene rings is 1. The first-order valence-corrected chi connectivity index (χ1v) is 13.4. The van der Waals surface area contributed by atoms with Crippen molar-refractivity contribution in [1.82, 2.24) is 35.4 Å². The number of hydrogen-bond donors (Lipinski definition) is 4. The normalized spacial score (nSPS) is 12.3. The maximum absolute atomic E-state index is 12.7. The third-order valence-electron chi connectivity index (χ3n) is 6.73. The van der Waals surface area contributed by atoms with Crippen LogP contribution in [0, 0.1) is 5.92 Å². The fourth-order valence-electron chi connectivity index (χ4n) is 4.25. The van der Waals surface area contributed by atoms with Gasteiger partial charge in [-0.25, -0.2) is 4.98 Å². The topological polar surface area (TPSA) is 182 Å². The van der Waals surface area contributed by atoms with E-state index in [4.69, 9.17) is 4.74 Å². The number of anilines is 3. The second-order valence-electron chi connectivity index (χ2n) is 9.76. The molecule has 0 spiro atoms. The number of aromatic nitrogens is 5. The van der Waals surface area contributed by atoms with Gasteiger partial charge in [-0.05, 0) is 31.0 Å². The van der Waals surface area contributed by atoms with Crippen LogP contribution in [-0.2, 0) is 18.4 Å². The Hall–Kier alpha value is -5.66. The van der Waals surface area contributed by atoms with E-state index in [1.807, 2.05) is 0 Å². The van der Waals surface area contributed by atoms with Crippen molar-refractivity contribution in [3.05, 3.63) is 82.3 Å². The third-order valence-corrected chi connectivity index (χ3v) is 6.73. The highest BCUT2D eigenvalue weighted by Crippen LogP contribution is 2.37. The Morgan fingerprint density at radius 3 is 2.53 bits per heavy atom. The number of methoxy groups -OCH3 is 1. The first-order valence-electron chi connectivity index (χ1n) is 13.4. The molecule has 0 saturated heterocycles. The minimum Gasteiger partial charge on any atom is -0.494 e. The van der Waals surface area contributed by atoms with E-state index in [1.165, 1.54) is 37.2 Å². The van der Waals surface area contributed by atoms with Crippen LogP contribution < -0.4 is 31.6 Å². The van der Waals surface area contributed by atoms with Crippen molar-refractivity contribution in [1.29, 1.82) is 0 Å². The number of aryl methyl sites for hydroxylation is 1. The Kier molecular flexibility index (Phi) is 8.36. The average molecular weight is 584 g/mol. The molecule has 1 saturated carbocycles. The van der Waals surface area contributed by atoms with E-state index in [2.05, 4.69) is 41.4 Å². The summed E-state index contributed by atoms with van der Waals surface area (Å²) < 4.78 is 7.14. The van der Waals surface area contributed by atoms with E-state index in [9.17, 15) is 19.2 Å². The van der Waals surface area contributed by atoms with Crippen LogP contribution in [0.15, 0.2) is 59.8 Å². The smallest absolute Gasteiger partial charge is 0.273 e. The highest BCUT2D eigenvalue weighted by atomic mass is 16.5. The van der Waals surface area contributed by atoms with E-state index < -0.39 is 11.8 Å². The molecular weight excluding hydrogens is 554 g/mol. The first-order chi connectivity index (χ1) is 20.8. The van der Waals surface area contributed by atoms with Gasteiger partial charge < -0.3 is 30.6 Å². The molecule has 1 aromatic carbocycles. The van der Waals surface area contributed by atoms with Gasteiger partial charge in [0, 0.05) is 49.9 Å². The summed E-state index contributed by atoms with van der Waals surface area (Å²) in [6, 6.07) is 10.2. The molecule has 0 atom stereocenters. The van der Waals surface area contributed by atoms with Crippen LogP contribution in [0.1, 0.15) is 39.4 Å². The van der Waals surface area contributed by atoms with Crippen LogP contribution in [0.2, 0.25) is 0 Å². The summed E-state index contributed by atoms with van der Waals surface area (Å²) in [5.41, 5.74) is 2.09. The summed E-state index contributed by atoms with van der Waals surface area (Å²) in [7, 11) is 4.60. The average Bonchev–Trinajstić information content (AvgIpc) is 3.87. The molecule has 3 aromatic heterocycles. The summed E-state index contributed by atoms with van der Waals surface area (Å²) in [6.45, 7) is 0.0468. The van der Waals surface area contributed by atoms with Crippen molar-refractivity contribution in [3.8, 4) is 17.0 Å². The lowest BCUT2D eigenvalue weighted by Gasteiger charge is -2.16. The zero-order chi connectivity index (χ0) is 30.5. The zero-order valence-electron chi connectivity index (χ0n) is 23.7. The Labute approximate surface area is 245 Å². The summed E-state index contributed by atoms with van der Waals surface area (Å²) >= 11 is 0. The van der Waals surface area contributed by atoms with Crippen molar-refractivity contribution in [3.63, 3.8) is 0 Å². The van der Waals surface area contributed by atoms with Gasteiger partial charge in [0.1, 0.15) is 5.69 Å². The molecule has 43 heavy (non-hydrogen) atoms. The van der Waals surface area contributed by atoms with Gasteiger partial charge in [-0.1, -0.05) is 12.1 Å². The Balaban J connectivity index is 1.37. The Bertz CT molecular complexity index is 1750. The lowest BCUT2D eigenvalue weighted by Crippen LogP contribution is -2.29. The zero-order valence-corrected chi connectivity index (χ0v) is 23.7. The third kappa shape index (κ3) is 6.48. The molecule has 3 heterocycles. The molecule has 14 nitrogen and oxygen atoms in total. The number of ether oxygens (including phenoxy) is 1. The van der Waals surface area contributed by atoms with Crippen LogP contribution >= 0.6 is 0 Å². The number of amides is 3. The van der Waals surface area contributed by atoms with Crippen molar-refractivity contribution in [2.45, 2.75) is 19.4 Å². The van der Waals surface area contributed by atoms with Crippen LogP contribution in [0.4, 0.5) is 17.2 Å².